The zero-order chi connectivity index (χ0) is 14.0. The highest BCUT2D eigenvalue weighted by atomic mass is 35.5. The first-order valence-corrected chi connectivity index (χ1v) is 7.53. The summed E-state index contributed by atoms with van der Waals surface area (Å²) in [7, 11) is -3.86. The molecule has 0 aliphatic rings. The Balaban J connectivity index is 2.39. The van der Waals surface area contributed by atoms with Crippen molar-refractivity contribution >= 4 is 21.6 Å². The minimum absolute atomic E-state index is 0.216. The van der Waals surface area contributed by atoms with Crippen LogP contribution in [0.15, 0.2) is 29.4 Å². The molecule has 2 N–H and O–H groups in total. The van der Waals surface area contributed by atoms with Gasteiger partial charge in [0.25, 0.3) is 15.2 Å². The molecule has 6 nitrogen and oxygen atoms in total. The first-order chi connectivity index (χ1) is 8.91. The standard InChI is InChI=1S/C11H13ClN4O2S/c1-2-16-10(14-15-11(16)19(13,17)18)7-8-4-3-5-9(12)6-8/h3-6H,2,7H2,1H3,(H2,13,17,18). The number of rotatable bonds is 4. The summed E-state index contributed by atoms with van der Waals surface area (Å²) >= 11 is 5.90. The summed E-state index contributed by atoms with van der Waals surface area (Å²) in [4.78, 5) is 0. The van der Waals surface area contributed by atoms with Crippen molar-refractivity contribution in [2.24, 2.45) is 5.14 Å². The van der Waals surface area contributed by atoms with E-state index >= 15 is 0 Å². The number of nitrogens with zero attached hydrogens (tertiary/aromatic N) is 3. The Morgan fingerprint density at radius 2 is 2.11 bits per heavy atom. The molecule has 2 rings (SSSR count). The zero-order valence-corrected chi connectivity index (χ0v) is 11.8. The first-order valence-electron chi connectivity index (χ1n) is 5.61. The number of sulfonamides is 1. The van der Waals surface area contributed by atoms with Crippen LogP contribution in [0.4, 0.5) is 0 Å². The van der Waals surface area contributed by atoms with Crippen LogP contribution in [0, 0.1) is 0 Å². The van der Waals surface area contributed by atoms with Gasteiger partial charge in [0.05, 0.1) is 0 Å². The van der Waals surface area contributed by atoms with E-state index < -0.39 is 10.0 Å². The van der Waals surface area contributed by atoms with Gasteiger partial charge in [-0.2, -0.15) is 0 Å². The van der Waals surface area contributed by atoms with Crippen LogP contribution in [0.5, 0.6) is 0 Å². The summed E-state index contributed by atoms with van der Waals surface area (Å²) in [5.41, 5.74) is 0.926. The van der Waals surface area contributed by atoms with Gasteiger partial charge in [0.2, 0.25) is 0 Å². The second-order valence-electron chi connectivity index (χ2n) is 3.99. The molecule has 0 atom stereocenters. The lowest BCUT2D eigenvalue weighted by molar-refractivity contribution is 0.565. The number of hydrogen-bond acceptors (Lipinski definition) is 4. The van der Waals surface area contributed by atoms with Crippen molar-refractivity contribution in [1.29, 1.82) is 0 Å². The Morgan fingerprint density at radius 3 is 2.68 bits per heavy atom. The smallest absolute Gasteiger partial charge is 0.273 e. The van der Waals surface area contributed by atoms with E-state index in [0.717, 1.165) is 5.56 Å². The Hall–Kier alpha value is -1.44. The average Bonchev–Trinajstić information content (AvgIpc) is 2.71. The van der Waals surface area contributed by atoms with E-state index in [1.807, 2.05) is 12.1 Å². The zero-order valence-electron chi connectivity index (χ0n) is 10.2. The van der Waals surface area contributed by atoms with E-state index in [0.29, 0.717) is 23.8 Å². The van der Waals surface area contributed by atoms with Gasteiger partial charge in [-0.1, -0.05) is 23.7 Å². The molecular weight excluding hydrogens is 288 g/mol. The predicted octanol–water partition coefficient (Wildman–Crippen LogP) is 1.19. The van der Waals surface area contributed by atoms with Crippen LogP contribution < -0.4 is 5.14 Å². The van der Waals surface area contributed by atoms with E-state index in [4.69, 9.17) is 16.7 Å². The van der Waals surface area contributed by atoms with Crippen LogP contribution in [0.2, 0.25) is 5.02 Å². The van der Waals surface area contributed by atoms with Gasteiger partial charge < -0.3 is 4.57 Å². The number of hydrogen-bond donors (Lipinski definition) is 1. The summed E-state index contributed by atoms with van der Waals surface area (Å²) in [5.74, 6) is 0.536. The lowest BCUT2D eigenvalue weighted by Crippen LogP contribution is -2.19. The second-order valence-corrected chi connectivity index (χ2v) is 5.89. The number of benzene rings is 1. The van der Waals surface area contributed by atoms with E-state index in [1.165, 1.54) is 4.57 Å². The molecule has 1 heterocycles. The van der Waals surface area contributed by atoms with Crippen molar-refractivity contribution in [2.75, 3.05) is 0 Å². The molecule has 0 aliphatic heterocycles. The quantitative estimate of drug-likeness (QED) is 0.918. The molecule has 0 spiro atoms. The van der Waals surface area contributed by atoms with Crippen molar-refractivity contribution in [1.82, 2.24) is 14.8 Å². The third kappa shape index (κ3) is 3.12. The van der Waals surface area contributed by atoms with Gasteiger partial charge in [-0.3, -0.25) is 0 Å². The summed E-state index contributed by atoms with van der Waals surface area (Å²) in [6, 6.07) is 7.28. The van der Waals surface area contributed by atoms with Crippen molar-refractivity contribution in [3.63, 3.8) is 0 Å². The highest BCUT2D eigenvalue weighted by Crippen LogP contribution is 2.15. The summed E-state index contributed by atoms with van der Waals surface area (Å²) in [6.45, 7) is 2.23. The largest absolute Gasteiger partial charge is 0.301 e. The van der Waals surface area contributed by atoms with Crippen molar-refractivity contribution < 1.29 is 8.42 Å². The second kappa shape index (κ2) is 5.28. The highest BCUT2D eigenvalue weighted by molar-refractivity contribution is 7.89. The van der Waals surface area contributed by atoms with Gasteiger partial charge in [0, 0.05) is 18.0 Å². The van der Waals surface area contributed by atoms with Crippen LogP contribution in [0.1, 0.15) is 18.3 Å². The highest BCUT2D eigenvalue weighted by Gasteiger charge is 2.20. The molecule has 8 heteroatoms. The van der Waals surface area contributed by atoms with Crippen LogP contribution in [-0.2, 0) is 23.0 Å². The maximum absolute atomic E-state index is 11.4. The number of nitrogens with two attached hydrogens (primary N) is 1. The van der Waals surface area contributed by atoms with Crippen LogP contribution >= 0.6 is 11.6 Å². The normalized spacial score (nSPS) is 11.7. The molecule has 0 bridgehead atoms. The molecule has 1 aromatic heterocycles. The maximum atomic E-state index is 11.4. The fraction of sp³-hybridized carbons (Fsp3) is 0.273. The SMILES string of the molecule is CCn1c(Cc2cccc(Cl)c2)nnc1S(N)(=O)=O. The number of halogens is 1. The topological polar surface area (TPSA) is 90.9 Å². The van der Waals surface area contributed by atoms with Crippen molar-refractivity contribution in [2.45, 2.75) is 25.0 Å². The Kier molecular flexibility index (Phi) is 3.88. The fourth-order valence-corrected chi connectivity index (χ4v) is 2.72. The third-order valence-corrected chi connectivity index (χ3v) is 3.66. The molecular formula is C11H13ClN4O2S. The average molecular weight is 301 g/mol. The lowest BCUT2D eigenvalue weighted by Gasteiger charge is -2.06. The Bertz CT molecular complexity index is 696. The van der Waals surface area contributed by atoms with Gasteiger partial charge in [-0.25, -0.2) is 13.6 Å². The summed E-state index contributed by atoms with van der Waals surface area (Å²) in [6.07, 6.45) is 0.441. The maximum Gasteiger partial charge on any atom is 0.273 e. The summed E-state index contributed by atoms with van der Waals surface area (Å²) < 4.78 is 24.2. The van der Waals surface area contributed by atoms with E-state index in [9.17, 15) is 8.42 Å². The van der Waals surface area contributed by atoms with Gasteiger partial charge in [0.1, 0.15) is 5.82 Å². The van der Waals surface area contributed by atoms with E-state index in [2.05, 4.69) is 10.2 Å². The van der Waals surface area contributed by atoms with Crippen LogP contribution in [0.25, 0.3) is 0 Å². The summed E-state index contributed by atoms with van der Waals surface area (Å²) in [5, 5.41) is 13.0. The molecule has 0 radical (unpaired) electrons. The van der Waals surface area contributed by atoms with Gasteiger partial charge in [-0.15, -0.1) is 10.2 Å². The van der Waals surface area contributed by atoms with Gasteiger partial charge in [-0.05, 0) is 24.6 Å². The molecule has 102 valence electrons. The minimum atomic E-state index is -3.86. The van der Waals surface area contributed by atoms with Crippen LogP contribution in [-0.4, -0.2) is 23.2 Å². The van der Waals surface area contributed by atoms with E-state index in [1.54, 1.807) is 19.1 Å². The molecule has 0 unspecified atom stereocenters. The molecule has 0 saturated carbocycles. The lowest BCUT2D eigenvalue weighted by atomic mass is 10.1. The predicted molar refractivity (Wildman–Crippen MR) is 71.3 cm³/mol. The molecule has 0 saturated heterocycles. The number of aromatic nitrogens is 3. The van der Waals surface area contributed by atoms with Crippen LogP contribution in [0.3, 0.4) is 0 Å². The first kappa shape index (κ1) is 14.0. The van der Waals surface area contributed by atoms with Crippen molar-refractivity contribution in [3.05, 3.63) is 40.7 Å². The van der Waals surface area contributed by atoms with E-state index in [-0.39, 0.29) is 5.16 Å². The molecule has 0 fully saturated rings. The molecule has 0 amide bonds. The fourth-order valence-electron chi connectivity index (χ4n) is 1.81. The monoisotopic (exact) mass is 300 g/mol. The third-order valence-electron chi connectivity index (χ3n) is 2.62. The molecule has 2 aromatic rings. The Morgan fingerprint density at radius 1 is 1.37 bits per heavy atom. The molecule has 0 aliphatic carbocycles. The molecule has 1 aromatic carbocycles. The van der Waals surface area contributed by atoms with Gasteiger partial charge >= 0.3 is 0 Å². The number of primary sulfonamides is 1. The minimum Gasteiger partial charge on any atom is -0.301 e. The van der Waals surface area contributed by atoms with Crippen molar-refractivity contribution in [3.8, 4) is 0 Å². The Labute approximate surface area is 116 Å². The molecule has 19 heavy (non-hydrogen) atoms. The van der Waals surface area contributed by atoms with Gasteiger partial charge in [0.15, 0.2) is 0 Å².